The number of hydrogen-bond acceptors (Lipinski definition) is 5. The third-order valence-electron chi connectivity index (χ3n) is 2.67. The van der Waals surface area contributed by atoms with Crippen molar-refractivity contribution in [3.63, 3.8) is 0 Å². The minimum Gasteiger partial charge on any atom is -0.490 e. The standard InChI is InChI=1S/C13H16N2O5/c1-3-7-14(8-6-13(16)17)10-4-5-12(20-2)11(9-10)15(18)19/h3-5,9H,1,6-8H2,2H3,(H,16,17). The van der Waals surface area contributed by atoms with Gasteiger partial charge in [0.25, 0.3) is 0 Å². The van der Waals surface area contributed by atoms with Gasteiger partial charge in [0.2, 0.25) is 0 Å². The molecule has 0 aromatic heterocycles. The van der Waals surface area contributed by atoms with Crippen molar-refractivity contribution >= 4 is 17.3 Å². The molecule has 0 aliphatic rings. The van der Waals surface area contributed by atoms with Crippen LogP contribution in [-0.2, 0) is 4.79 Å². The lowest BCUT2D eigenvalue weighted by atomic mass is 10.2. The molecule has 0 bridgehead atoms. The Kier molecular flexibility index (Phi) is 5.52. The Morgan fingerprint density at radius 3 is 2.80 bits per heavy atom. The molecule has 0 amide bonds. The van der Waals surface area contributed by atoms with E-state index in [9.17, 15) is 14.9 Å². The van der Waals surface area contributed by atoms with E-state index < -0.39 is 10.9 Å². The maximum absolute atomic E-state index is 11.0. The van der Waals surface area contributed by atoms with E-state index in [2.05, 4.69) is 6.58 Å². The number of carboxylic acids is 1. The summed E-state index contributed by atoms with van der Waals surface area (Å²) in [7, 11) is 1.36. The molecule has 0 unspecified atom stereocenters. The Morgan fingerprint density at radius 1 is 1.60 bits per heavy atom. The van der Waals surface area contributed by atoms with E-state index in [4.69, 9.17) is 9.84 Å². The van der Waals surface area contributed by atoms with Crippen LogP contribution in [-0.4, -0.2) is 36.2 Å². The summed E-state index contributed by atoms with van der Waals surface area (Å²) in [6, 6.07) is 4.51. The number of nitro groups is 1. The minimum atomic E-state index is -0.929. The van der Waals surface area contributed by atoms with Gasteiger partial charge in [-0.1, -0.05) is 6.08 Å². The van der Waals surface area contributed by atoms with Crippen LogP contribution in [0.2, 0.25) is 0 Å². The van der Waals surface area contributed by atoms with E-state index in [1.807, 2.05) is 0 Å². The van der Waals surface area contributed by atoms with Crippen LogP contribution in [0.1, 0.15) is 6.42 Å². The average Bonchev–Trinajstić information content (AvgIpc) is 2.42. The number of rotatable bonds is 8. The molecule has 1 N–H and O–H groups in total. The SMILES string of the molecule is C=CCN(CCC(=O)O)c1ccc(OC)c([N+](=O)[O-])c1. The predicted octanol–water partition coefficient (Wildman–Crippen LogP) is 2.07. The Balaban J connectivity index is 3.06. The van der Waals surface area contributed by atoms with E-state index in [1.165, 1.54) is 19.2 Å². The first-order valence-electron chi connectivity index (χ1n) is 5.89. The van der Waals surface area contributed by atoms with Gasteiger partial charge in [-0.15, -0.1) is 6.58 Å². The van der Waals surface area contributed by atoms with Gasteiger partial charge in [0.05, 0.1) is 18.5 Å². The average molecular weight is 280 g/mol. The van der Waals surface area contributed by atoms with Gasteiger partial charge in [0.1, 0.15) is 0 Å². The van der Waals surface area contributed by atoms with Crippen molar-refractivity contribution in [3.8, 4) is 5.75 Å². The van der Waals surface area contributed by atoms with Gasteiger partial charge in [-0.2, -0.15) is 0 Å². The second kappa shape index (κ2) is 7.13. The normalized spacial score (nSPS) is 9.85. The van der Waals surface area contributed by atoms with Crippen LogP contribution in [0.15, 0.2) is 30.9 Å². The van der Waals surface area contributed by atoms with E-state index >= 15 is 0 Å². The van der Waals surface area contributed by atoms with Crippen molar-refractivity contribution in [1.82, 2.24) is 0 Å². The first kappa shape index (κ1) is 15.5. The molecule has 7 heteroatoms. The Morgan fingerprint density at radius 2 is 2.30 bits per heavy atom. The maximum Gasteiger partial charge on any atom is 0.312 e. The zero-order valence-corrected chi connectivity index (χ0v) is 11.1. The molecular weight excluding hydrogens is 264 g/mol. The lowest BCUT2D eigenvalue weighted by Gasteiger charge is -2.22. The molecule has 0 atom stereocenters. The molecule has 0 fully saturated rings. The number of carbonyl (C=O) groups is 1. The number of nitro benzene ring substituents is 1. The van der Waals surface area contributed by atoms with Crippen molar-refractivity contribution in [2.45, 2.75) is 6.42 Å². The predicted molar refractivity (Wildman–Crippen MR) is 74.3 cm³/mol. The Labute approximate surface area is 116 Å². The fraction of sp³-hybridized carbons (Fsp3) is 0.308. The van der Waals surface area contributed by atoms with Crippen LogP contribution in [0, 0.1) is 10.1 Å². The van der Waals surface area contributed by atoms with Crippen molar-refractivity contribution in [2.24, 2.45) is 0 Å². The van der Waals surface area contributed by atoms with Gasteiger partial charge >= 0.3 is 11.7 Å². The number of benzene rings is 1. The highest BCUT2D eigenvalue weighted by Gasteiger charge is 2.17. The minimum absolute atomic E-state index is 0.0618. The van der Waals surface area contributed by atoms with E-state index in [0.29, 0.717) is 12.2 Å². The highest BCUT2D eigenvalue weighted by atomic mass is 16.6. The van der Waals surface area contributed by atoms with Crippen molar-refractivity contribution in [2.75, 3.05) is 25.1 Å². The lowest BCUT2D eigenvalue weighted by molar-refractivity contribution is -0.385. The molecule has 7 nitrogen and oxygen atoms in total. The number of ether oxygens (including phenoxy) is 1. The first-order valence-corrected chi connectivity index (χ1v) is 5.89. The summed E-state index contributed by atoms with van der Waals surface area (Å²) in [6.45, 7) is 4.24. The largest absolute Gasteiger partial charge is 0.490 e. The van der Waals surface area contributed by atoms with Gasteiger partial charge < -0.3 is 14.7 Å². The summed E-state index contributed by atoms with van der Waals surface area (Å²) in [4.78, 5) is 22.8. The summed E-state index contributed by atoms with van der Waals surface area (Å²) in [5.74, 6) is -0.766. The maximum atomic E-state index is 11.0. The quantitative estimate of drug-likeness (QED) is 0.445. The zero-order chi connectivity index (χ0) is 15.1. The van der Waals surface area contributed by atoms with Crippen LogP contribution in [0.4, 0.5) is 11.4 Å². The van der Waals surface area contributed by atoms with Crippen molar-refractivity contribution in [1.29, 1.82) is 0 Å². The van der Waals surface area contributed by atoms with Crippen molar-refractivity contribution in [3.05, 3.63) is 41.0 Å². The number of nitrogens with zero attached hydrogens (tertiary/aromatic N) is 2. The number of methoxy groups -OCH3 is 1. The first-order chi connectivity index (χ1) is 9.49. The monoisotopic (exact) mass is 280 g/mol. The topological polar surface area (TPSA) is 92.9 Å². The number of hydrogen-bond donors (Lipinski definition) is 1. The van der Waals surface area contributed by atoms with Crippen LogP contribution in [0.5, 0.6) is 5.75 Å². The third-order valence-corrected chi connectivity index (χ3v) is 2.67. The van der Waals surface area contributed by atoms with Gasteiger partial charge in [0.15, 0.2) is 5.75 Å². The highest BCUT2D eigenvalue weighted by Crippen LogP contribution is 2.31. The molecule has 0 saturated heterocycles. The summed E-state index contributed by atoms with van der Waals surface area (Å²) in [5.41, 5.74) is 0.396. The molecule has 0 aliphatic heterocycles. The molecule has 20 heavy (non-hydrogen) atoms. The zero-order valence-electron chi connectivity index (χ0n) is 11.1. The van der Waals surface area contributed by atoms with Crippen LogP contribution in [0.25, 0.3) is 0 Å². The molecule has 0 heterocycles. The number of aliphatic carboxylic acids is 1. The molecule has 1 aromatic rings. The summed E-state index contributed by atoms with van der Waals surface area (Å²) in [5, 5.41) is 19.7. The second-order valence-electron chi connectivity index (χ2n) is 3.99. The summed E-state index contributed by atoms with van der Waals surface area (Å²) >= 11 is 0. The van der Waals surface area contributed by atoms with Gasteiger partial charge in [-0.3, -0.25) is 14.9 Å². The van der Waals surface area contributed by atoms with E-state index in [1.54, 1.807) is 17.0 Å². The van der Waals surface area contributed by atoms with Crippen LogP contribution >= 0.6 is 0 Å². The molecular formula is C13H16N2O5. The highest BCUT2D eigenvalue weighted by molar-refractivity contribution is 5.68. The smallest absolute Gasteiger partial charge is 0.312 e. The number of carboxylic acid groups (broad SMARTS) is 1. The Bertz CT molecular complexity index is 515. The van der Waals surface area contributed by atoms with Crippen LogP contribution < -0.4 is 9.64 Å². The van der Waals surface area contributed by atoms with Crippen LogP contribution in [0.3, 0.4) is 0 Å². The molecule has 0 saturated carbocycles. The number of anilines is 1. The molecule has 0 radical (unpaired) electrons. The third kappa shape index (κ3) is 3.98. The van der Waals surface area contributed by atoms with Crippen molar-refractivity contribution < 1.29 is 19.6 Å². The molecule has 108 valence electrons. The van der Waals surface area contributed by atoms with Gasteiger partial charge in [0, 0.05) is 24.8 Å². The Hall–Kier alpha value is -2.57. The molecule has 0 aliphatic carbocycles. The van der Waals surface area contributed by atoms with E-state index in [0.717, 1.165) is 0 Å². The van der Waals surface area contributed by atoms with Gasteiger partial charge in [-0.25, -0.2) is 0 Å². The molecule has 1 aromatic carbocycles. The molecule has 0 spiro atoms. The summed E-state index contributed by atoms with van der Waals surface area (Å²) < 4.78 is 4.93. The van der Waals surface area contributed by atoms with Gasteiger partial charge in [-0.05, 0) is 12.1 Å². The summed E-state index contributed by atoms with van der Waals surface area (Å²) in [6.07, 6.45) is 1.55. The molecule has 1 rings (SSSR count). The fourth-order valence-corrected chi connectivity index (χ4v) is 1.73. The lowest BCUT2D eigenvalue weighted by Crippen LogP contribution is -2.26. The fourth-order valence-electron chi connectivity index (χ4n) is 1.73. The second-order valence-corrected chi connectivity index (χ2v) is 3.99. The van der Waals surface area contributed by atoms with E-state index in [-0.39, 0.29) is 24.4 Å².